The summed E-state index contributed by atoms with van der Waals surface area (Å²) in [5.74, 6) is 0. The zero-order valence-corrected chi connectivity index (χ0v) is 35.1. The van der Waals surface area contributed by atoms with Gasteiger partial charge in [-0.25, -0.2) is 0 Å². The van der Waals surface area contributed by atoms with Crippen LogP contribution in [0.2, 0.25) is 0 Å². The Labute approximate surface area is 373 Å². The van der Waals surface area contributed by atoms with E-state index in [0.717, 1.165) is 33.9 Å². The van der Waals surface area contributed by atoms with Gasteiger partial charge in [-0.3, -0.25) is 0 Å². The van der Waals surface area contributed by atoms with Crippen molar-refractivity contribution in [3.63, 3.8) is 0 Å². The highest BCUT2D eigenvalue weighted by molar-refractivity contribution is 6.11. The summed E-state index contributed by atoms with van der Waals surface area (Å²) in [5, 5.41) is 7.42. The average molecular weight is 815 g/mol. The lowest BCUT2D eigenvalue weighted by Crippen LogP contribution is -2.11. The predicted octanol–water partition coefficient (Wildman–Crippen LogP) is 17.2. The molecule has 0 unspecified atom stereocenters. The highest BCUT2D eigenvalue weighted by Gasteiger charge is 2.21. The number of rotatable bonds is 8. The van der Waals surface area contributed by atoms with E-state index in [2.05, 4.69) is 264 Å². The molecule has 64 heavy (non-hydrogen) atoms. The van der Waals surface area contributed by atoms with Crippen LogP contribution in [-0.4, -0.2) is 4.57 Å². The molecular weight excluding hydrogens is 773 g/mol. The number of aromatic nitrogens is 1. The zero-order valence-electron chi connectivity index (χ0n) is 35.1. The average Bonchev–Trinajstić information content (AvgIpc) is 3.71. The van der Waals surface area contributed by atoms with E-state index in [1.807, 2.05) is 0 Å². The third kappa shape index (κ3) is 6.52. The van der Waals surface area contributed by atoms with Crippen LogP contribution in [0.5, 0.6) is 0 Å². The van der Waals surface area contributed by atoms with Gasteiger partial charge in [0, 0.05) is 33.4 Å². The fourth-order valence-corrected chi connectivity index (χ4v) is 9.75. The Morgan fingerprint density at radius 2 is 0.859 bits per heavy atom. The molecule has 11 aromatic carbocycles. The molecular formula is C62H42N2. The van der Waals surface area contributed by atoms with E-state index in [9.17, 15) is 0 Å². The van der Waals surface area contributed by atoms with Crippen molar-refractivity contribution in [3.05, 3.63) is 255 Å². The smallest absolute Gasteiger partial charge is 0.0541 e. The Kier molecular flexibility index (Phi) is 9.20. The lowest BCUT2D eigenvalue weighted by Gasteiger charge is -2.29. The highest BCUT2D eigenvalue weighted by atomic mass is 15.1. The maximum absolute atomic E-state index is 2.44. The van der Waals surface area contributed by atoms with Gasteiger partial charge in [0.25, 0.3) is 0 Å². The first-order valence-electron chi connectivity index (χ1n) is 22.0. The molecule has 0 aliphatic rings. The molecule has 0 aliphatic carbocycles. The number of nitrogens with zero attached hydrogens (tertiary/aromatic N) is 2. The fraction of sp³-hybridized carbons (Fsp3) is 0. The predicted molar refractivity (Wildman–Crippen MR) is 272 cm³/mol. The molecule has 1 heterocycles. The van der Waals surface area contributed by atoms with Crippen LogP contribution in [0.25, 0.3) is 93.5 Å². The minimum Gasteiger partial charge on any atom is -0.310 e. The van der Waals surface area contributed by atoms with Gasteiger partial charge >= 0.3 is 0 Å². The van der Waals surface area contributed by atoms with Crippen LogP contribution >= 0.6 is 0 Å². The summed E-state index contributed by atoms with van der Waals surface area (Å²) in [6.45, 7) is 0. The Morgan fingerprint density at radius 3 is 1.70 bits per heavy atom. The van der Waals surface area contributed by atoms with Gasteiger partial charge in [0.05, 0.1) is 16.7 Å². The van der Waals surface area contributed by atoms with Crippen molar-refractivity contribution in [2.45, 2.75) is 0 Å². The molecule has 0 bridgehead atoms. The van der Waals surface area contributed by atoms with Gasteiger partial charge in [-0.05, 0) is 127 Å². The number of para-hydroxylation sites is 3. The Balaban J connectivity index is 1.03. The van der Waals surface area contributed by atoms with Gasteiger partial charge < -0.3 is 9.47 Å². The topological polar surface area (TPSA) is 8.17 Å². The molecule has 0 aliphatic heterocycles. The van der Waals surface area contributed by atoms with Crippen LogP contribution in [0.3, 0.4) is 0 Å². The monoisotopic (exact) mass is 814 g/mol. The summed E-state index contributed by atoms with van der Waals surface area (Å²) in [5.41, 5.74) is 16.3. The molecule has 0 saturated heterocycles. The van der Waals surface area contributed by atoms with E-state index < -0.39 is 0 Å². The second-order valence-electron chi connectivity index (χ2n) is 16.5. The molecule has 2 nitrogen and oxygen atoms in total. The van der Waals surface area contributed by atoms with Gasteiger partial charge in [-0.1, -0.05) is 188 Å². The normalized spacial score (nSPS) is 11.4. The number of fused-ring (bicyclic) bond motifs is 5. The van der Waals surface area contributed by atoms with E-state index in [4.69, 9.17) is 0 Å². The molecule has 0 atom stereocenters. The molecule has 0 spiro atoms. The fourth-order valence-electron chi connectivity index (χ4n) is 9.75. The van der Waals surface area contributed by atoms with Crippen molar-refractivity contribution in [1.29, 1.82) is 0 Å². The molecule has 0 amide bonds. The number of hydrogen-bond donors (Lipinski definition) is 0. The van der Waals surface area contributed by atoms with E-state index in [1.165, 1.54) is 76.7 Å². The number of hydrogen-bond acceptors (Lipinski definition) is 1. The minimum atomic E-state index is 1.08. The summed E-state index contributed by atoms with van der Waals surface area (Å²) in [6.07, 6.45) is 0. The van der Waals surface area contributed by atoms with Crippen LogP contribution < -0.4 is 4.90 Å². The maximum Gasteiger partial charge on any atom is 0.0541 e. The third-order valence-corrected chi connectivity index (χ3v) is 12.8. The van der Waals surface area contributed by atoms with Crippen LogP contribution in [-0.2, 0) is 0 Å². The van der Waals surface area contributed by atoms with Crippen LogP contribution in [0.15, 0.2) is 255 Å². The molecule has 12 rings (SSSR count). The van der Waals surface area contributed by atoms with Gasteiger partial charge in [0.15, 0.2) is 0 Å². The van der Waals surface area contributed by atoms with Crippen molar-refractivity contribution in [2.24, 2.45) is 0 Å². The SMILES string of the molecule is c1ccc(-c2cccc3cccc(-c4ccccc4N(c4ccc(-c5ccc6ccccc6c5)cc4)c4cccc(-c5ccc6c(c5)c5ccccc5n6-c5ccccc5)c4)c23)cc1. The first kappa shape index (κ1) is 37.3. The summed E-state index contributed by atoms with van der Waals surface area (Å²) in [6, 6.07) is 92.8. The highest BCUT2D eigenvalue weighted by Crippen LogP contribution is 2.46. The van der Waals surface area contributed by atoms with E-state index in [0.29, 0.717) is 0 Å². The Bertz CT molecular complexity index is 3650. The van der Waals surface area contributed by atoms with Crippen LogP contribution in [0.1, 0.15) is 0 Å². The first-order valence-corrected chi connectivity index (χ1v) is 22.0. The van der Waals surface area contributed by atoms with E-state index in [-0.39, 0.29) is 0 Å². The molecule has 12 aromatic rings. The van der Waals surface area contributed by atoms with Crippen molar-refractivity contribution < 1.29 is 0 Å². The van der Waals surface area contributed by atoms with Crippen LogP contribution in [0.4, 0.5) is 17.1 Å². The lowest BCUT2D eigenvalue weighted by atomic mass is 9.90. The molecule has 0 fully saturated rings. The first-order chi connectivity index (χ1) is 31.7. The van der Waals surface area contributed by atoms with Crippen molar-refractivity contribution in [1.82, 2.24) is 4.57 Å². The van der Waals surface area contributed by atoms with Crippen LogP contribution in [0, 0.1) is 0 Å². The quantitative estimate of drug-likeness (QED) is 0.148. The molecule has 0 saturated carbocycles. The number of benzene rings is 11. The van der Waals surface area contributed by atoms with Gasteiger partial charge in [0.2, 0.25) is 0 Å². The van der Waals surface area contributed by atoms with Crippen molar-refractivity contribution >= 4 is 60.4 Å². The standard InChI is InChI=1S/C62H42N2/c1-3-17-45(18-4-1)54-28-14-20-46-21-15-29-57(62(46)54)55-26-9-11-30-59(55)63(52-37-34-44(35-38-52)49-33-32-43-16-7-8-19-47(43)40-49)53-25-13-22-48(41-53)50-36-39-61-58(42-50)56-27-10-12-31-60(56)64(61)51-23-5-2-6-24-51/h1-42H. The van der Waals surface area contributed by atoms with Gasteiger partial charge in [0.1, 0.15) is 0 Å². The molecule has 0 radical (unpaired) electrons. The lowest BCUT2D eigenvalue weighted by molar-refractivity contribution is 1.18. The van der Waals surface area contributed by atoms with E-state index in [1.54, 1.807) is 0 Å². The van der Waals surface area contributed by atoms with Gasteiger partial charge in [-0.15, -0.1) is 0 Å². The van der Waals surface area contributed by atoms with Crippen molar-refractivity contribution in [3.8, 4) is 50.2 Å². The molecule has 0 N–H and O–H groups in total. The maximum atomic E-state index is 2.44. The Hall–Kier alpha value is -8.46. The summed E-state index contributed by atoms with van der Waals surface area (Å²) in [7, 11) is 0. The summed E-state index contributed by atoms with van der Waals surface area (Å²) >= 11 is 0. The molecule has 300 valence electrons. The second kappa shape index (κ2) is 15.8. The Morgan fingerprint density at radius 1 is 0.281 bits per heavy atom. The number of anilines is 3. The van der Waals surface area contributed by atoms with E-state index >= 15 is 0 Å². The second-order valence-corrected chi connectivity index (χ2v) is 16.5. The summed E-state index contributed by atoms with van der Waals surface area (Å²) < 4.78 is 2.38. The third-order valence-electron chi connectivity index (χ3n) is 12.8. The van der Waals surface area contributed by atoms with Gasteiger partial charge in [-0.2, -0.15) is 0 Å². The zero-order chi connectivity index (χ0) is 42.4. The van der Waals surface area contributed by atoms with Crippen molar-refractivity contribution in [2.75, 3.05) is 4.90 Å². The largest absolute Gasteiger partial charge is 0.310 e. The minimum absolute atomic E-state index is 1.08. The molecule has 1 aromatic heterocycles. The summed E-state index contributed by atoms with van der Waals surface area (Å²) in [4.78, 5) is 2.44. The molecule has 2 heteroatoms.